The molecule has 0 radical (unpaired) electrons. The van der Waals surface area contributed by atoms with Crippen LogP contribution in [-0.4, -0.2) is 59.1 Å². The summed E-state index contributed by atoms with van der Waals surface area (Å²) in [4.78, 5) is 28.6. The highest BCUT2D eigenvalue weighted by Gasteiger charge is 2.19. The number of hydrogen-bond acceptors (Lipinski definition) is 6. The number of nitrogens with zero attached hydrogens (tertiary/aromatic N) is 5. The first-order valence-electron chi connectivity index (χ1n) is 9.91. The van der Waals surface area contributed by atoms with E-state index in [0.29, 0.717) is 13.1 Å². The van der Waals surface area contributed by atoms with Crippen LogP contribution in [0, 0.1) is 0 Å². The van der Waals surface area contributed by atoms with Gasteiger partial charge in [0.05, 0.1) is 12.8 Å². The zero-order valence-electron chi connectivity index (χ0n) is 16.7. The van der Waals surface area contributed by atoms with Crippen LogP contribution in [-0.2, 0) is 13.1 Å². The van der Waals surface area contributed by atoms with Crippen LogP contribution >= 0.6 is 0 Å². The number of aryl methyl sites for hydroxylation is 1. The first-order chi connectivity index (χ1) is 13.6. The van der Waals surface area contributed by atoms with Gasteiger partial charge in [-0.2, -0.15) is 5.10 Å². The third kappa shape index (κ3) is 4.62. The molecule has 0 spiro atoms. The first-order valence-corrected chi connectivity index (χ1v) is 9.91. The van der Waals surface area contributed by atoms with Crippen LogP contribution in [0.1, 0.15) is 19.8 Å². The fourth-order valence-electron chi connectivity index (χ4n) is 3.62. The van der Waals surface area contributed by atoms with E-state index >= 15 is 0 Å². The number of hydrogen-bond donors (Lipinski definition) is 0. The van der Waals surface area contributed by atoms with Gasteiger partial charge in [-0.1, -0.05) is 12.1 Å². The van der Waals surface area contributed by atoms with Crippen LogP contribution in [0.2, 0.25) is 0 Å². The molecule has 1 aliphatic rings. The fourth-order valence-corrected chi connectivity index (χ4v) is 3.62. The Morgan fingerprint density at radius 3 is 2.46 bits per heavy atom. The van der Waals surface area contributed by atoms with Gasteiger partial charge in [0.1, 0.15) is 11.9 Å². The van der Waals surface area contributed by atoms with Gasteiger partial charge < -0.3 is 9.64 Å². The molecule has 8 heteroatoms. The van der Waals surface area contributed by atoms with Crippen LogP contribution < -0.4 is 20.9 Å². The molecule has 0 atom stereocenters. The Bertz CT molecular complexity index is 884. The Kier molecular flexibility index (Phi) is 6.86. The van der Waals surface area contributed by atoms with Crippen molar-refractivity contribution >= 4 is 5.69 Å². The Balaban J connectivity index is 1.44. The van der Waals surface area contributed by atoms with Gasteiger partial charge in [-0.3, -0.25) is 14.3 Å². The molecule has 3 rings (SSSR count). The summed E-state index contributed by atoms with van der Waals surface area (Å²) in [5, 5.41) is 3.97. The summed E-state index contributed by atoms with van der Waals surface area (Å²) in [6.45, 7) is 7.68. The summed E-state index contributed by atoms with van der Waals surface area (Å²) < 4.78 is 8.08. The van der Waals surface area contributed by atoms with E-state index in [2.05, 4.69) is 21.0 Å². The average molecular weight is 387 g/mol. The van der Waals surface area contributed by atoms with E-state index in [1.807, 2.05) is 18.2 Å². The molecule has 0 N–H and O–H groups in total. The highest BCUT2D eigenvalue weighted by molar-refractivity contribution is 5.58. The predicted molar refractivity (Wildman–Crippen MR) is 109 cm³/mol. The van der Waals surface area contributed by atoms with Crippen molar-refractivity contribution in [1.82, 2.24) is 19.2 Å². The van der Waals surface area contributed by atoms with Crippen LogP contribution in [0.15, 0.2) is 40.1 Å². The topological polar surface area (TPSA) is 72.6 Å². The lowest BCUT2D eigenvalue weighted by atomic mass is 10.2. The number of rotatable bonds is 8. The molecule has 8 nitrogen and oxygen atoms in total. The molecule has 0 unspecified atom stereocenters. The molecule has 2 aromatic rings. The van der Waals surface area contributed by atoms with Gasteiger partial charge >= 0.3 is 5.69 Å². The molecular weight excluding hydrogens is 358 g/mol. The predicted octanol–water partition coefficient (Wildman–Crippen LogP) is 1.04. The quantitative estimate of drug-likeness (QED) is 0.630. The second-order valence-corrected chi connectivity index (χ2v) is 6.94. The van der Waals surface area contributed by atoms with Gasteiger partial charge in [0, 0.05) is 39.3 Å². The molecule has 1 aromatic heterocycles. The molecule has 28 heavy (non-hydrogen) atoms. The van der Waals surface area contributed by atoms with Crippen molar-refractivity contribution in [3.05, 3.63) is 51.3 Å². The molecule has 1 saturated heterocycles. The van der Waals surface area contributed by atoms with Gasteiger partial charge in [-0.15, -0.1) is 0 Å². The highest BCUT2D eigenvalue weighted by Crippen LogP contribution is 2.28. The maximum atomic E-state index is 12.2. The third-order valence-corrected chi connectivity index (χ3v) is 5.23. The van der Waals surface area contributed by atoms with Gasteiger partial charge in [-0.05, 0) is 38.4 Å². The number of unbranched alkanes of at least 4 members (excludes halogenated alkanes) is 1. The van der Waals surface area contributed by atoms with E-state index in [1.54, 1.807) is 14.0 Å². The maximum absolute atomic E-state index is 12.2. The molecule has 1 aromatic carbocycles. The molecule has 152 valence electrons. The number of piperazine rings is 1. The second kappa shape index (κ2) is 9.54. The number of benzene rings is 1. The van der Waals surface area contributed by atoms with Crippen molar-refractivity contribution in [1.29, 1.82) is 0 Å². The van der Waals surface area contributed by atoms with Gasteiger partial charge in [0.2, 0.25) is 0 Å². The van der Waals surface area contributed by atoms with E-state index in [9.17, 15) is 9.59 Å². The second-order valence-electron chi connectivity index (χ2n) is 6.94. The lowest BCUT2D eigenvalue weighted by molar-refractivity contribution is 0.249. The summed E-state index contributed by atoms with van der Waals surface area (Å²) in [5.41, 5.74) is 0.498. The molecule has 0 saturated carbocycles. The highest BCUT2D eigenvalue weighted by atomic mass is 16.5. The maximum Gasteiger partial charge on any atom is 0.347 e. The summed E-state index contributed by atoms with van der Waals surface area (Å²) in [7, 11) is 1.71. The minimum atomic E-state index is -0.336. The largest absolute Gasteiger partial charge is 0.495 e. The van der Waals surface area contributed by atoms with Crippen LogP contribution in [0.4, 0.5) is 5.69 Å². The summed E-state index contributed by atoms with van der Waals surface area (Å²) in [5.74, 6) is 0.919. The minimum absolute atomic E-state index is 0.319. The van der Waals surface area contributed by atoms with Crippen LogP contribution in [0.5, 0.6) is 5.75 Å². The number of methoxy groups -OCH3 is 1. The van der Waals surface area contributed by atoms with E-state index < -0.39 is 0 Å². The standard InChI is InChI=1S/C20H29N5O3/c1-3-24-19(26)16-21-25(20(24)27)11-7-6-10-22-12-14-23(15-13-22)17-8-4-5-9-18(17)28-2/h4-5,8-9,16H,3,6-7,10-15H2,1-2H3. The Morgan fingerprint density at radius 2 is 1.75 bits per heavy atom. The number of para-hydroxylation sites is 2. The summed E-state index contributed by atoms with van der Waals surface area (Å²) in [6.07, 6.45) is 3.08. The molecule has 1 aliphatic heterocycles. The van der Waals surface area contributed by atoms with Crippen molar-refractivity contribution in [2.45, 2.75) is 32.9 Å². The van der Waals surface area contributed by atoms with Gasteiger partial charge in [0.25, 0.3) is 5.56 Å². The fraction of sp³-hybridized carbons (Fsp3) is 0.550. The van der Waals surface area contributed by atoms with Crippen molar-refractivity contribution in [3.8, 4) is 5.75 Å². The van der Waals surface area contributed by atoms with Crippen molar-refractivity contribution < 1.29 is 4.74 Å². The van der Waals surface area contributed by atoms with E-state index in [0.717, 1.165) is 57.0 Å². The van der Waals surface area contributed by atoms with E-state index in [1.165, 1.54) is 15.4 Å². The zero-order valence-corrected chi connectivity index (χ0v) is 16.7. The zero-order chi connectivity index (χ0) is 19.9. The number of aromatic nitrogens is 3. The van der Waals surface area contributed by atoms with Gasteiger partial charge in [0.15, 0.2) is 0 Å². The summed E-state index contributed by atoms with van der Waals surface area (Å²) in [6, 6.07) is 8.14. The molecule has 0 amide bonds. The molecule has 1 fully saturated rings. The lowest BCUT2D eigenvalue weighted by Crippen LogP contribution is -2.46. The van der Waals surface area contributed by atoms with Crippen LogP contribution in [0.3, 0.4) is 0 Å². The Morgan fingerprint density at radius 1 is 1.04 bits per heavy atom. The lowest BCUT2D eigenvalue weighted by Gasteiger charge is -2.36. The van der Waals surface area contributed by atoms with Gasteiger partial charge in [-0.25, -0.2) is 9.48 Å². The Hall–Kier alpha value is -2.61. The number of anilines is 1. The Labute approximate surface area is 165 Å². The normalized spacial score (nSPS) is 15.0. The minimum Gasteiger partial charge on any atom is -0.495 e. The average Bonchev–Trinajstić information content (AvgIpc) is 2.73. The molecular formula is C20H29N5O3. The van der Waals surface area contributed by atoms with Crippen molar-refractivity contribution in [2.75, 3.05) is 44.7 Å². The third-order valence-electron chi connectivity index (χ3n) is 5.23. The number of ether oxygens (including phenoxy) is 1. The first kappa shape index (κ1) is 20.1. The van der Waals surface area contributed by atoms with Crippen molar-refractivity contribution in [3.63, 3.8) is 0 Å². The van der Waals surface area contributed by atoms with E-state index in [-0.39, 0.29) is 11.2 Å². The smallest absolute Gasteiger partial charge is 0.347 e. The van der Waals surface area contributed by atoms with Crippen LogP contribution in [0.25, 0.3) is 0 Å². The molecule has 2 heterocycles. The summed E-state index contributed by atoms with van der Waals surface area (Å²) >= 11 is 0. The monoisotopic (exact) mass is 387 g/mol. The SMILES string of the molecule is CCn1c(=O)cnn(CCCCN2CCN(c3ccccc3OC)CC2)c1=O. The van der Waals surface area contributed by atoms with E-state index in [4.69, 9.17) is 4.74 Å². The molecule has 0 aliphatic carbocycles. The molecule has 0 bridgehead atoms. The van der Waals surface area contributed by atoms with Crippen molar-refractivity contribution in [2.24, 2.45) is 0 Å².